The van der Waals surface area contributed by atoms with Crippen molar-refractivity contribution in [3.63, 3.8) is 0 Å². The number of hydrogen-bond donors (Lipinski definition) is 0. The summed E-state index contributed by atoms with van der Waals surface area (Å²) in [5.41, 5.74) is 1.84. The van der Waals surface area contributed by atoms with E-state index < -0.39 is 0 Å². The molecule has 0 spiro atoms. The van der Waals surface area contributed by atoms with Crippen molar-refractivity contribution >= 4 is 10.9 Å². The van der Waals surface area contributed by atoms with Gasteiger partial charge in [0.1, 0.15) is 0 Å². The molecule has 0 aliphatic carbocycles. The Kier molecular flexibility index (Phi) is 2.81. The van der Waals surface area contributed by atoms with Gasteiger partial charge in [-0.1, -0.05) is 18.2 Å². The van der Waals surface area contributed by atoms with Gasteiger partial charge in [-0.2, -0.15) is 6.07 Å². The second kappa shape index (κ2) is 3.67. The first kappa shape index (κ1) is 9.19. The van der Waals surface area contributed by atoms with Crippen molar-refractivity contribution in [2.45, 2.75) is 0 Å². The minimum Gasteiger partial charge on any atom is -0.287 e. The van der Waals surface area contributed by atoms with Gasteiger partial charge in [0.15, 0.2) is 0 Å². The molecule has 0 saturated heterocycles. The van der Waals surface area contributed by atoms with Crippen LogP contribution < -0.4 is 18.9 Å². The molecular weight excluding hydrogens is 141 g/mol. The van der Waals surface area contributed by atoms with Crippen molar-refractivity contribution in [1.29, 1.82) is 0 Å². The van der Waals surface area contributed by atoms with Crippen molar-refractivity contribution in [3.05, 3.63) is 49.0 Å². The van der Waals surface area contributed by atoms with Crippen LogP contribution >= 0.6 is 0 Å². The maximum absolute atomic E-state index is 4.26. The van der Waals surface area contributed by atoms with Crippen LogP contribution in [0, 0.1) is 6.92 Å². The van der Waals surface area contributed by atoms with Gasteiger partial charge in [-0.05, 0) is 11.5 Å². The number of hydrogen-bond acceptors (Lipinski definition) is 1. The van der Waals surface area contributed by atoms with Crippen LogP contribution in [0.2, 0.25) is 0 Å². The molecule has 1 heterocycles. The molecule has 0 atom stereocenters. The Morgan fingerprint density at radius 3 is 2.58 bits per heavy atom. The summed E-state index contributed by atoms with van der Waals surface area (Å²) in [5.74, 6) is 0. The van der Waals surface area contributed by atoms with E-state index in [-0.39, 0.29) is 18.9 Å². The Balaban J connectivity index is 0.000000720. The zero-order valence-electron chi connectivity index (χ0n) is 7.12. The molecule has 12 heavy (non-hydrogen) atoms. The van der Waals surface area contributed by atoms with Crippen molar-refractivity contribution in [3.8, 4) is 0 Å². The molecular formula is C10H8LiN. The number of nitrogens with zero attached hydrogens (tertiary/aromatic N) is 1. The van der Waals surface area contributed by atoms with Crippen LogP contribution in [0.3, 0.4) is 0 Å². The third-order valence-corrected chi connectivity index (χ3v) is 1.66. The molecule has 54 valence electrons. The van der Waals surface area contributed by atoms with Crippen LogP contribution in [0.15, 0.2) is 36.4 Å². The zero-order valence-corrected chi connectivity index (χ0v) is 7.12. The summed E-state index contributed by atoms with van der Waals surface area (Å²) in [6.45, 7) is 3.76. The van der Waals surface area contributed by atoms with Gasteiger partial charge in [-0.3, -0.25) is 4.98 Å². The number of para-hydroxylation sites is 1. The molecule has 0 amide bonds. The van der Waals surface area contributed by atoms with Crippen molar-refractivity contribution in [1.82, 2.24) is 4.98 Å². The van der Waals surface area contributed by atoms with E-state index in [9.17, 15) is 0 Å². The van der Waals surface area contributed by atoms with Gasteiger partial charge >= 0.3 is 18.9 Å². The molecule has 1 aromatic heterocycles. The van der Waals surface area contributed by atoms with E-state index in [0.717, 1.165) is 11.2 Å². The normalized spacial score (nSPS) is 9.33. The Hall–Kier alpha value is -0.903. The van der Waals surface area contributed by atoms with Gasteiger partial charge in [0.25, 0.3) is 0 Å². The molecule has 0 radical (unpaired) electrons. The van der Waals surface area contributed by atoms with Crippen molar-refractivity contribution in [2.75, 3.05) is 0 Å². The average molecular weight is 149 g/mol. The minimum absolute atomic E-state index is 0. The SMILES string of the molecule is [CH2-]c1ccc2ccccc2n1.[Li+]. The quantitative estimate of drug-likeness (QED) is 0.361. The molecule has 0 bridgehead atoms. The average Bonchev–Trinajstić information content (AvgIpc) is 2.04. The zero-order chi connectivity index (χ0) is 7.68. The summed E-state index contributed by atoms with van der Waals surface area (Å²) in [7, 11) is 0. The topological polar surface area (TPSA) is 12.9 Å². The smallest absolute Gasteiger partial charge is 0.287 e. The minimum atomic E-state index is 0. The Labute approximate surface area is 84.0 Å². The second-order valence-corrected chi connectivity index (χ2v) is 2.50. The molecule has 0 aliphatic rings. The third kappa shape index (κ3) is 1.64. The van der Waals surface area contributed by atoms with E-state index in [0.29, 0.717) is 0 Å². The van der Waals surface area contributed by atoms with Crippen LogP contribution in [-0.2, 0) is 0 Å². The fourth-order valence-electron chi connectivity index (χ4n) is 1.11. The van der Waals surface area contributed by atoms with Crippen molar-refractivity contribution < 1.29 is 18.9 Å². The van der Waals surface area contributed by atoms with Crippen LogP contribution in [0.4, 0.5) is 0 Å². The monoisotopic (exact) mass is 149 g/mol. The molecule has 0 fully saturated rings. The predicted molar refractivity (Wildman–Crippen MR) is 46.2 cm³/mol. The van der Waals surface area contributed by atoms with Gasteiger partial charge in [0.2, 0.25) is 0 Å². The molecule has 0 saturated carbocycles. The van der Waals surface area contributed by atoms with E-state index in [1.165, 1.54) is 5.39 Å². The third-order valence-electron chi connectivity index (χ3n) is 1.66. The summed E-state index contributed by atoms with van der Waals surface area (Å²) >= 11 is 0. The Morgan fingerprint density at radius 2 is 1.75 bits per heavy atom. The fraction of sp³-hybridized carbons (Fsp3) is 0. The molecule has 2 aromatic rings. The summed E-state index contributed by atoms with van der Waals surface area (Å²) in [5, 5.41) is 1.17. The molecule has 0 aliphatic heterocycles. The van der Waals surface area contributed by atoms with Crippen LogP contribution in [0.25, 0.3) is 10.9 Å². The van der Waals surface area contributed by atoms with Gasteiger partial charge in [0.05, 0.1) is 5.52 Å². The Morgan fingerprint density at radius 1 is 1.00 bits per heavy atom. The molecule has 0 unspecified atom stereocenters. The fourth-order valence-corrected chi connectivity index (χ4v) is 1.11. The summed E-state index contributed by atoms with van der Waals surface area (Å²) in [4.78, 5) is 4.26. The van der Waals surface area contributed by atoms with Crippen LogP contribution in [0.5, 0.6) is 0 Å². The molecule has 1 aromatic carbocycles. The second-order valence-electron chi connectivity index (χ2n) is 2.50. The number of rotatable bonds is 0. The van der Waals surface area contributed by atoms with Gasteiger partial charge in [0, 0.05) is 0 Å². The van der Waals surface area contributed by atoms with Gasteiger partial charge in [-0.25, -0.2) is 6.92 Å². The first-order valence-corrected chi connectivity index (χ1v) is 3.54. The summed E-state index contributed by atoms with van der Waals surface area (Å²) in [6, 6.07) is 12.0. The first-order valence-electron chi connectivity index (χ1n) is 3.54. The largest absolute Gasteiger partial charge is 1.00 e. The maximum atomic E-state index is 4.26. The van der Waals surface area contributed by atoms with Crippen molar-refractivity contribution in [2.24, 2.45) is 0 Å². The summed E-state index contributed by atoms with van der Waals surface area (Å²) < 4.78 is 0. The predicted octanol–water partition coefficient (Wildman–Crippen LogP) is -0.579. The van der Waals surface area contributed by atoms with E-state index in [1.807, 2.05) is 36.4 Å². The standard InChI is InChI=1S/C10H8N.Li/c1-8-6-7-9-4-2-3-5-10(9)11-8;/h2-7H,1H2;/q-1;+1. The molecule has 2 heteroatoms. The van der Waals surface area contributed by atoms with E-state index in [4.69, 9.17) is 0 Å². The van der Waals surface area contributed by atoms with Gasteiger partial charge < -0.3 is 0 Å². The maximum Gasteiger partial charge on any atom is 1.00 e. The van der Waals surface area contributed by atoms with E-state index in [1.54, 1.807) is 0 Å². The number of benzene rings is 1. The van der Waals surface area contributed by atoms with Crippen LogP contribution in [0.1, 0.15) is 5.69 Å². The van der Waals surface area contributed by atoms with E-state index >= 15 is 0 Å². The molecule has 1 nitrogen and oxygen atoms in total. The number of pyridine rings is 1. The van der Waals surface area contributed by atoms with E-state index in [2.05, 4.69) is 11.9 Å². The first-order chi connectivity index (χ1) is 5.36. The number of aromatic nitrogens is 1. The number of fused-ring (bicyclic) bond motifs is 1. The summed E-state index contributed by atoms with van der Waals surface area (Å²) in [6.07, 6.45) is 0. The van der Waals surface area contributed by atoms with Crippen LogP contribution in [-0.4, -0.2) is 4.98 Å². The molecule has 2 rings (SSSR count). The van der Waals surface area contributed by atoms with Gasteiger partial charge in [-0.15, -0.1) is 11.8 Å². The Bertz CT molecular complexity index is 384. The molecule has 0 N–H and O–H groups in total.